The molecule has 0 radical (unpaired) electrons. The number of ether oxygens (including phenoxy) is 1. The number of nitriles is 1. The number of rotatable bonds is 3. The minimum atomic E-state index is -1.13. The molecule has 0 heterocycles. The quantitative estimate of drug-likeness (QED) is 0.414. The van der Waals surface area contributed by atoms with Gasteiger partial charge in [-0.15, -0.1) is 0 Å². The Morgan fingerprint density at radius 2 is 1.65 bits per heavy atom. The highest BCUT2D eigenvalue weighted by atomic mass is 19.1. The summed E-state index contributed by atoms with van der Waals surface area (Å²) in [6.07, 6.45) is 6.73. The molecule has 4 atom stereocenters. The van der Waals surface area contributed by atoms with Gasteiger partial charge < -0.3 is 4.74 Å². The summed E-state index contributed by atoms with van der Waals surface area (Å²) in [5.41, 5.74) is -0.173. The van der Waals surface area contributed by atoms with Crippen LogP contribution in [0, 0.1) is 46.5 Å². The minimum Gasteiger partial charge on any atom is -0.423 e. The molecule has 0 amide bonds. The molecule has 2 aromatic carbocycles. The van der Waals surface area contributed by atoms with Crippen LogP contribution < -0.4 is 4.74 Å². The van der Waals surface area contributed by atoms with E-state index in [4.69, 9.17) is 10.00 Å². The van der Waals surface area contributed by atoms with Crippen molar-refractivity contribution >= 4 is 5.97 Å². The van der Waals surface area contributed by atoms with Crippen molar-refractivity contribution in [1.82, 2.24) is 0 Å². The standard InChI is InChI=1S/C25H24F3NO2/c1-14-2-3-16-9-17(5-4-15(16)8-14)20-7-6-18(10-22(20)26)25(30)31-19-11-23(27)21(13-29)24(28)12-19/h6-7,10-12,14-17H,2-5,8-9H2,1H3. The summed E-state index contributed by atoms with van der Waals surface area (Å²) in [5, 5.41) is 8.71. The molecular formula is C25H24F3NO2. The van der Waals surface area contributed by atoms with Gasteiger partial charge in [-0.05, 0) is 73.5 Å². The van der Waals surface area contributed by atoms with Gasteiger partial charge >= 0.3 is 5.97 Å². The monoisotopic (exact) mass is 427 g/mol. The van der Waals surface area contributed by atoms with Gasteiger partial charge in [-0.2, -0.15) is 5.26 Å². The fourth-order valence-electron chi connectivity index (χ4n) is 5.27. The van der Waals surface area contributed by atoms with Gasteiger partial charge in [0.25, 0.3) is 0 Å². The number of benzene rings is 2. The summed E-state index contributed by atoms with van der Waals surface area (Å²) in [4.78, 5) is 12.4. The summed E-state index contributed by atoms with van der Waals surface area (Å²) in [6, 6.07) is 7.16. The Morgan fingerprint density at radius 3 is 2.32 bits per heavy atom. The van der Waals surface area contributed by atoms with Gasteiger partial charge in [0, 0.05) is 12.1 Å². The van der Waals surface area contributed by atoms with Gasteiger partial charge in [0.1, 0.15) is 34.8 Å². The third-order valence-electron chi connectivity index (χ3n) is 6.89. The molecule has 0 spiro atoms. The number of hydrogen-bond acceptors (Lipinski definition) is 3. The average molecular weight is 427 g/mol. The molecule has 2 saturated carbocycles. The van der Waals surface area contributed by atoms with E-state index in [1.54, 1.807) is 6.07 Å². The molecular weight excluding hydrogens is 403 g/mol. The van der Waals surface area contributed by atoms with Crippen molar-refractivity contribution in [2.45, 2.75) is 51.4 Å². The Hall–Kier alpha value is -2.81. The zero-order chi connectivity index (χ0) is 22.1. The van der Waals surface area contributed by atoms with Crippen LogP contribution in [0.4, 0.5) is 13.2 Å². The van der Waals surface area contributed by atoms with E-state index >= 15 is 0 Å². The third-order valence-corrected chi connectivity index (χ3v) is 6.89. The summed E-state index contributed by atoms with van der Waals surface area (Å²) < 4.78 is 47.3. The van der Waals surface area contributed by atoms with Crippen molar-refractivity contribution in [2.24, 2.45) is 17.8 Å². The lowest BCUT2D eigenvalue weighted by atomic mass is 9.64. The smallest absolute Gasteiger partial charge is 0.343 e. The van der Waals surface area contributed by atoms with Crippen molar-refractivity contribution in [3.8, 4) is 11.8 Å². The van der Waals surface area contributed by atoms with Crippen LogP contribution in [-0.2, 0) is 0 Å². The van der Waals surface area contributed by atoms with Crippen LogP contribution in [0.15, 0.2) is 30.3 Å². The predicted molar refractivity (Wildman–Crippen MR) is 109 cm³/mol. The maximum Gasteiger partial charge on any atom is 0.343 e. The van der Waals surface area contributed by atoms with E-state index in [0.29, 0.717) is 11.5 Å². The van der Waals surface area contributed by atoms with E-state index in [0.717, 1.165) is 49.3 Å². The van der Waals surface area contributed by atoms with Crippen molar-refractivity contribution in [1.29, 1.82) is 5.26 Å². The van der Waals surface area contributed by atoms with Crippen molar-refractivity contribution in [3.63, 3.8) is 0 Å². The topological polar surface area (TPSA) is 50.1 Å². The molecule has 2 fully saturated rings. The summed E-state index contributed by atoms with van der Waals surface area (Å²) in [6.45, 7) is 2.31. The first-order valence-corrected chi connectivity index (χ1v) is 10.8. The van der Waals surface area contributed by atoms with Gasteiger partial charge in [0.05, 0.1) is 5.56 Å². The SMILES string of the molecule is CC1CCC2CC(c3ccc(C(=O)Oc4cc(F)c(C#N)c(F)c4)cc3F)CCC2C1. The third kappa shape index (κ3) is 4.46. The molecule has 2 aliphatic rings. The van der Waals surface area contributed by atoms with Crippen molar-refractivity contribution in [2.75, 3.05) is 0 Å². The second-order valence-corrected chi connectivity index (χ2v) is 8.95. The number of halogens is 3. The summed E-state index contributed by atoms with van der Waals surface area (Å²) in [5.74, 6) is -1.71. The summed E-state index contributed by atoms with van der Waals surface area (Å²) >= 11 is 0. The largest absolute Gasteiger partial charge is 0.423 e. The maximum absolute atomic E-state index is 14.9. The molecule has 4 rings (SSSR count). The first-order valence-electron chi connectivity index (χ1n) is 10.8. The second kappa shape index (κ2) is 8.74. The highest BCUT2D eigenvalue weighted by molar-refractivity contribution is 5.91. The summed E-state index contributed by atoms with van der Waals surface area (Å²) in [7, 11) is 0. The maximum atomic E-state index is 14.9. The van der Waals surface area contributed by atoms with E-state index in [9.17, 15) is 18.0 Å². The van der Waals surface area contributed by atoms with E-state index in [1.807, 2.05) is 0 Å². The molecule has 0 bridgehead atoms. The first-order chi connectivity index (χ1) is 14.9. The molecule has 162 valence electrons. The second-order valence-electron chi connectivity index (χ2n) is 8.95. The first kappa shape index (κ1) is 21.4. The van der Waals surface area contributed by atoms with Crippen LogP contribution in [0.25, 0.3) is 0 Å². The van der Waals surface area contributed by atoms with Crippen LogP contribution in [0.3, 0.4) is 0 Å². The van der Waals surface area contributed by atoms with Gasteiger partial charge in [-0.3, -0.25) is 0 Å². The predicted octanol–water partition coefficient (Wildman–Crippen LogP) is 6.51. The Bertz CT molecular complexity index is 1020. The number of carbonyl (C=O) groups excluding carboxylic acids is 1. The van der Waals surface area contributed by atoms with Crippen molar-refractivity contribution in [3.05, 3.63) is 64.5 Å². The highest BCUT2D eigenvalue weighted by Gasteiger charge is 2.35. The van der Waals surface area contributed by atoms with Crippen LogP contribution in [-0.4, -0.2) is 5.97 Å². The van der Waals surface area contributed by atoms with E-state index in [1.165, 1.54) is 31.4 Å². The molecule has 0 saturated heterocycles. The Balaban J connectivity index is 1.46. The molecule has 2 aromatic rings. The Labute approximate surface area is 179 Å². The zero-order valence-corrected chi connectivity index (χ0v) is 17.3. The van der Waals surface area contributed by atoms with Crippen LogP contribution in [0.1, 0.15) is 72.9 Å². The van der Waals surface area contributed by atoms with Gasteiger partial charge in [0.15, 0.2) is 0 Å². The highest BCUT2D eigenvalue weighted by Crippen LogP contribution is 2.47. The molecule has 0 aromatic heterocycles. The molecule has 0 aliphatic heterocycles. The lowest BCUT2D eigenvalue weighted by Crippen LogP contribution is -2.30. The molecule has 0 N–H and O–H groups in total. The number of hydrogen-bond donors (Lipinski definition) is 0. The lowest BCUT2D eigenvalue weighted by Gasteiger charge is -2.41. The van der Waals surface area contributed by atoms with E-state index < -0.39 is 29.0 Å². The average Bonchev–Trinajstić information content (AvgIpc) is 2.73. The Morgan fingerprint density at radius 1 is 0.968 bits per heavy atom. The fourth-order valence-corrected chi connectivity index (χ4v) is 5.27. The molecule has 31 heavy (non-hydrogen) atoms. The molecule has 2 aliphatic carbocycles. The van der Waals surface area contributed by atoms with Gasteiger partial charge in [-0.25, -0.2) is 18.0 Å². The number of nitrogens with zero attached hydrogens (tertiary/aromatic N) is 1. The molecule has 6 heteroatoms. The van der Waals surface area contributed by atoms with Crippen molar-refractivity contribution < 1.29 is 22.7 Å². The molecule has 3 nitrogen and oxygen atoms in total. The lowest BCUT2D eigenvalue weighted by molar-refractivity contribution is 0.0733. The van der Waals surface area contributed by atoms with Gasteiger partial charge in [-0.1, -0.05) is 19.4 Å². The number of esters is 1. The number of carbonyl (C=O) groups is 1. The fraction of sp³-hybridized carbons (Fsp3) is 0.440. The Kier molecular flexibility index (Phi) is 6.04. The number of fused-ring (bicyclic) bond motifs is 1. The minimum absolute atomic E-state index is 0.0356. The van der Waals surface area contributed by atoms with E-state index in [-0.39, 0.29) is 17.2 Å². The normalized spacial score (nSPS) is 25.4. The molecule has 4 unspecified atom stereocenters. The van der Waals surface area contributed by atoms with Gasteiger partial charge in [0.2, 0.25) is 0 Å². The van der Waals surface area contributed by atoms with Crippen LogP contribution in [0.2, 0.25) is 0 Å². The van der Waals surface area contributed by atoms with E-state index in [2.05, 4.69) is 6.92 Å². The van der Waals surface area contributed by atoms with Crippen LogP contribution >= 0.6 is 0 Å². The van der Waals surface area contributed by atoms with Crippen LogP contribution in [0.5, 0.6) is 5.75 Å². The zero-order valence-electron chi connectivity index (χ0n) is 17.3.